The third-order valence-electron chi connectivity index (χ3n) is 5.47. The Bertz CT molecular complexity index is 1020. The molecule has 9 nitrogen and oxygen atoms in total. The Balaban J connectivity index is 1.43. The van der Waals surface area contributed by atoms with Crippen molar-refractivity contribution in [2.45, 2.75) is 25.5 Å². The molecule has 180 valence electrons. The molecule has 1 aliphatic rings. The van der Waals surface area contributed by atoms with Crippen molar-refractivity contribution in [1.82, 2.24) is 15.1 Å². The number of amides is 3. The molecular weight excluding hydrogens is 462 g/mol. The SMILES string of the molecule is O=C(N[C@@H](CCC(=O)N1CCN(C(=O)c2ccccc2Cl)CC1)C(=O)O)OCc1ccccc1. The number of hydrogen-bond acceptors (Lipinski definition) is 5. The number of halogens is 1. The standard InChI is InChI=1S/C24H26ClN3O6/c25-19-9-5-4-8-18(19)22(30)28-14-12-27(13-15-28)21(29)11-10-20(23(31)32)26-24(33)34-16-17-6-2-1-3-7-17/h1-9,20H,10-16H2,(H,26,33)(H,31,32)/t20-/m0/s1. The van der Waals surface area contributed by atoms with Gasteiger partial charge in [0.1, 0.15) is 12.6 Å². The van der Waals surface area contributed by atoms with Crippen LogP contribution in [0.15, 0.2) is 54.6 Å². The van der Waals surface area contributed by atoms with Crippen LogP contribution in [-0.4, -0.2) is 71.0 Å². The fourth-order valence-electron chi connectivity index (χ4n) is 3.55. The zero-order valence-electron chi connectivity index (χ0n) is 18.5. The average Bonchev–Trinajstić information content (AvgIpc) is 2.85. The summed E-state index contributed by atoms with van der Waals surface area (Å²) < 4.78 is 5.06. The Morgan fingerprint density at radius 2 is 1.56 bits per heavy atom. The fraction of sp³-hybridized carbons (Fsp3) is 0.333. The molecule has 2 N–H and O–H groups in total. The molecule has 3 amide bonds. The molecular formula is C24H26ClN3O6. The number of nitrogens with one attached hydrogen (secondary N) is 1. The Morgan fingerprint density at radius 1 is 0.941 bits per heavy atom. The van der Waals surface area contributed by atoms with Gasteiger partial charge in [-0.3, -0.25) is 9.59 Å². The Kier molecular flexibility index (Phi) is 8.86. The van der Waals surface area contributed by atoms with Gasteiger partial charge in [-0.15, -0.1) is 0 Å². The number of ether oxygens (including phenoxy) is 1. The van der Waals surface area contributed by atoms with E-state index in [0.717, 1.165) is 5.56 Å². The van der Waals surface area contributed by atoms with E-state index in [1.54, 1.807) is 58.3 Å². The molecule has 2 aromatic carbocycles. The Labute approximate surface area is 202 Å². The van der Waals surface area contributed by atoms with E-state index in [1.165, 1.54) is 0 Å². The quantitative estimate of drug-likeness (QED) is 0.591. The minimum atomic E-state index is -1.25. The highest BCUT2D eigenvalue weighted by Gasteiger charge is 2.27. The van der Waals surface area contributed by atoms with Crippen molar-refractivity contribution in [3.63, 3.8) is 0 Å². The number of nitrogens with zero attached hydrogens (tertiary/aromatic N) is 2. The number of carbonyl (C=O) groups is 4. The average molecular weight is 488 g/mol. The van der Waals surface area contributed by atoms with E-state index in [-0.39, 0.29) is 31.3 Å². The first-order chi connectivity index (χ1) is 16.3. The summed E-state index contributed by atoms with van der Waals surface area (Å²) in [6, 6.07) is 14.5. The summed E-state index contributed by atoms with van der Waals surface area (Å²) in [7, 11) is 0. The lowest BCUT2D eigenvalue weighted by atomic mass is 10.1. The van der Waals surface area contributed by atoms with Crippen LogP contribution in [0.2, 0.25) is 5.02 Å². The largest absolute Gasteiger partial charge is 0.480 e. The molecule has 1 heterocycles. The highest BCUT2D eigenvalue weighted by atomic mass is 35.5. The van der Waals surface area contributed by atoms with Crippen molar-refractivity contribution in [1.29, 1.82) is 0 Å². The van der Waals surface area contributed by atoms with Gasteiger partial charge in [0.2, 0.25) is 5.91 Å². The topological polar surface area (TPSA) is 116 Å². The molecule has 1 fully saturated rings. The van der Waals surface area contributed by atoms with E-state index >= 15 is 0 Å². The van der Waals surface area contributed by atoms with E-state index in [2.05, 4.69) is 5.32 Å². The lowest BCUT2D eigenvalue weighted by Crippen LogP contribution is -2.51. The van der Waals surface area contributed by atoms with Gasteiger partial charge >= 0.3 is 12.1 Å². The number of piperazine rings is 1. The number of hydrogen-bond donors (Lipinski definition) is 2. The van der Waals surface area contributed by atoms with Gasteiger partial charge in [-0.2, -0.15) is 0 Å². The highest BCUT2D eigenvalue weighted by Crippen LogP contribution is 2.18. The zero-order chi connectivity index (χ0) is 24.5. The van der Waals surface area contributed by atoms with Gasteiger partial charge in [0.05, 0.1) is 10.6 Å². The van der Waals surface area contributed by atoms with Crippen LogP contribution >= 0.6 is 11.6 Å². The fourth-order valence-corrected chi connectivity index (χ4v) is 3.77. The molecule has 0 aliphatic carbocycles. The lowest BCUT2D eigenvalue weighted by molar-refractivity contribution is -0.140. The number of alkyl carbamates (subject to hydrolysis) is 1. The van der Waals surface area contributed by atoms with Crippen LogP contribution in [0.1, 0.15) is 28.8 Å². The van der Waals surface area contributed by atoms with E-state index < -0.39 is 18.1 Å². The molecule has 1 aliphatic heterocycles. The van der Waals surface area contributed by atoms with Crippen LogP contribution in [0.5, 0.6) is 0 Å². The molecule has 10 heteroatoms. The van der Waals surface area contributed by atoms with E-state index in [4.69, 9.17) is 16.3 Å². The maximum atomic E-state index is 12.7. The Morgan fingerprint density at radius 3 is 2.21 bits per heavy atom. The van der Waals surface area contributed by atoms with E-state index in [0.29, 0.717) is 36.8 Å². The predicted molar refractivity (Wildman–Crippen MR) is 124 cm³/mol. The zero-order valence-corrected chi connectivity index (χ0v) is 19.2. The molecule has 2 aromatic rings. The summed E-state index contributed by atoms with van der Waals surface area (Å²) >= 11 is 6.10. The van der Waals surface area contributed by atoms with Crippen LogP contribution in [0, 0.1) is 0 Å². The first-order valence-corrected chi connectivity index (χ1v) is 11.2. The van der Waals surface area contributed by atoms with Gasteiger partial charge in [0, 0.05) is 32.6 Å². The summed E-state index contributed by atoms with van der Waals surface area (Å²) in [5, 5.41) is 12.1. The molecule has 0 aromatic heterocycles. The van der Waals surface area contributed by atoms with Crippen LogP contribution in [0.4, 0.5) is 4.79 Å². The summed E-state index contributed by atoms with van der Waals surface area (Å²) in [5.74, 6) is -1.68. The third-order valence-corrected chi connectivity index (χ3v) is 5.80. The minimum absolute atomic E-state index is 0.00906. The molecule has 1 saturated heterocycles. The molecule has 3 rings (SSSR count). The molecule has 34 heavy (non-hydrogen) atoms. The second-order valence-electron chi connectivity index (χ2n) is 7.79. The van der Waals surface area contributed by atoms with Crippen LogP contribution < -0.4 is 5.32 Å². The number of rotatable bonds is 8. The maximum Gasteiger partial charge on any atom is 0.408 e. The Hall–Kier alpha value is -3.59. The smallest absolute Gasteiger partial charge is 0.408 e. The van der Waals surface area contributed by atoms with E-state index in [1.807, 2.05) is 6.07 Å². The van der Waals surface area contributed by atoms with Crippen LogP contribution in [0.3, 0.4) is 0 Å². The monoisotopic (exact) mass is 487 g/mol. The maximum absolute atomic E-state index is 12.7. The van der Waals surface area contributed by atoms with Gasteiger partial charge in [-0.1, -0.05) is 54.1 Å². The second kappa shape index (κ2) is 12.0. The normalized spacial score (nSPS) is 14.3. The van der Waals surface area contributed by atoms with Gasteiger partial charge < -0.3 is 25.0 Å². The van der Waals surface area contributed by atoms with Gasteiger partial charge in [0.25, 0.3) is 5.91 Å². The number of aliphatic carboxylic acids is 1. The molecule has 0 bridgehead atoms. The third kappa shape index (κ3) is 6.95. The minimum Gasteiger partial charge on any atom is -0.480 e. The summed E-state index contributed by atoms with van der Waals surface area (Å²) in [6.07, 6.45) is -1.00. The van der Waals surface area contributed by atoms with E-state index in [9.17, 15) is 24.3 Å². The predicted octanol–water partition coefficient (Wildman–Crippen LogP) is 2.78. The highest BCUT2D eigenvalue weighted by molar-refractivity contribution is 6.33. The van der Waals surface area contributed by atoms with Crippen molar-refractivity contribution in [3.05, 3.63) is 70.7 Å². The lowest BCUT2D eigenvalue weighted by Gasteiger charge is -2.35. The number of benzene rings is 2. The second-order valence-corrected chi connectivity index (χ2v) is 8.20. The van der Waals surface area contributed by atoms with Crippen molar-refractivity contribution in [3.8, 4) is 0 Å². The molecule has 1 atom stereocenters. The first-order valence-electron chi connectivity index (χ1n) is 10.9. The van der Waals surface area contributed by atoms with Crippen LogP contribution in [0.25, 0.3) is 0 Å². The van der Waals surface area contributed by atoms with Crippen LogP contribution in [-0.2, 0) is 20.9 Å². The van der Waals surface area contributed by atoms with Gasteiger partial charge in [-0.25, -0.2) is 9.59 Å². The van der Waals surface area contributed by atoms with Crippen molar-refractivity contribution < 1.29 is 29.0 Å². The number of carboxylic acid groups (broad SMARTS) is 1. The van der Waals surface area contributed by atoms with Crippen molar-refractivity contribution in [2.24, 2.45) is 0 Å². The molecule has 0 saturated carbocycles. The van der Waals surface area contributed by atoms with Gasteiger partial charge in [-0.05, 0) is 24.1 Å². The summed E-state index contributed by atoms with van der Waals surface area (Å²) in [4.78, 5) is 52.0. The molecule has 0 unspecified atom stereocenters. The molecule has 0 spiro atoms. The molecule has 0 radical (unpaired) electrons. The summed E-state index contributed by atoms with van der Waals surface area (Å²) in [6.45, 7) is 1.37. The van der Waals surface area contributed by atoms with Crippen molar-refractivity contribution >= 4 is 35.5 Å². The van der Waals surface area contributed by atoms with Crippen molar-refractivity contribution in [2.75, 3.05) is 26.2 Å². The number of carbonyl (C=O) groups excluding carboxylic acids is 3. The number of carboxylic acids is 1. The summed E-state index contributed by atoms with van der Waals surface area (Å²) in [5.41, 5.74) is 1.19. The first kappa shape index (κ1) is 25.0. The van der Waals surface area contributed by atoms with Gasteiger partial charge in [0.15, 0.2) is 0 Å².